The van der Waals surface area contributed by atoms with Crippen LogP contribution in [0.15, 0.2) is 0 Å². The Bertz CT molecular complexity index is 137. The van der Waals surface area contributed by atoms with Gasteiger partial charge in [-0.15, -0.1) is 0 Å². The van der Waals surface area contributed by atoms with E-state index in [4.69, 9.17) is 4.74 Å². The Morgan fingerprint density at radius 1 is 1.55 bits per heavy atom. The maximum absolute atomic E-state index is 10.8. The smallest absolute Gasteiger partial charge is 0.244 e. The molecule has 1 rings (SSSR count). The molecule has 4 nitrogen and oxygen atoms in total. The number of carbonyl (C=O) groups is 1. The highest BCUT2D eigenvalue weighted by molar-refractivity contribution is 7.81. The summed E-state index contributed by atoms with van der Waals surface area (Å²) in [4.78, 5) is 10.8. The minimum Gasteiger partial charge on any atom is -0.379 e. The van der Waals surface area contributed by atoms with Crippen LogP contribution in [0, 0.1) is 0 Å². The largest absolute Gasteiger partial charge is 0.379 e. The van der Waals surface area contributed by atoms with Gasteiger partial charge >= 0.3 is 0 Å². The van der Waals surface area contributed by atoms with Gasteiger partial charge < -0.3 is 4.74 Å². The number of carbonyl (C=O) groups excluding carboxylic acids is 1. The summed E-state index contributed by atoms with van der Waals surface area (Å²) >= 11 is 3.85. The third kappa shape index (κ3) is 3.09. The molecule has 1 saturated heterocycles. The number of rotatable bonds is 2. The van der Waals surface area contributed by atoms with Gasteiger partial charge in [0.25, 0.3) is 0 Å². The first-order valence-corrected chi connectivity index (χ1v) is 4.19. The molecule has 64 valence electrons. The first-order valence-electron chi connectivity index (χ1n) is 3.56. The molecule has 0 aromatic carbocycles. The second-order valence-corrected chi connectivity index (χ2v) is 2.61. The highest BCUT2D eigenvalue weighted by Gasteiger charge is 2.11. The molecule has 1 aliphatic rings. The zero-order chi connectivity index (χ0) is 8.10. The number of hydrogen-bond acceptors (Lipinski definition) is 4. The van der Waals surface area contributed by atoms with E-state index < -0.39 is 0 Å². The minimum absolute atomic E-state index is 0.0600. The Kier molecular flexibility index (Phi) is 3.68. The van der Waals surface area contributed by atoms with Gasteiger partial charge in [-0.2, -0.15) is 12.6 Å². The van der Waals surface area contributed by atoms with Crippen molar-refractivity contribution in [2.75, 3.05) is 32.1 Å². The summed E-state index contributed by atoms with van der Waals surface area (Å²) in [5.41, 5.74) is 2.71. The van der Waals surface area contributed by atoms with Crippen LogP contribution >= 0.6 is 12.6 Å². The maximum Gasteiger partial charge on any atom is 0.244 e. The molecule has 1 amide bonds. The van der Waals surface area contributed by atoms with Crippen LogP contribution in [0.4, 0.5) is 0 Å². The maximum atomic E-state index is 10.8. The van der Waals surface area contributed by atoms with Crippen LogP contribution in [-0.2, 0) is 9.53 Å². The van der Waals surface area contributed by atoms with Crippen molar-refractivity contribution in [3.8, 4) is 0 Å². The van der Waals surface area contributed by atoms with Gasteiger partial charge in [-0.25, -0.2) is 5.01 Å². The SMILES string of the molecule is O=C(CS)NN1CCOCC1. The quantitative estimate of drug-likeness (QED) is 0.546. The first kappa shape index (κ1) is 8.83. The molecule has 5 heteroatoms. The van der Waals surface area contributed by atoms with Gasteiger partial charge in [0.2, 0.25) is 5.91 Å². The monoisotopic (exact) mass is 176 g/mol. The molecule has 0 aromatic rings. The standard InChI is InChI=1S/C6H12N2O2S/c9-6(5-11)7-8-1-3-10-4-2-8/h11H,1-5H2,(H,7,9). The lowest BCUT2D eigenvalue weighted by atomic mass is 10.5. The van der Waals surface area contributed by atoms with Crippen LogP contribution in [0.1, 0.15) is 0 Å². The number of hydrogen-bond donors (Lipinski definition) is 2. The Morgan fingerprint density at radius 3 is 2.73 bits per heavy atom. The van der Waals surface area contributed by atoms with Gasteiger partial charge in [-0.05, 0) is 0 Å². The summed E-state index contributed by atoms with van der Waals surface area (Å²) in [6, 6.07) is 0. The first-order chi connectivity index (χ1) is 5.33. The highest BCUT2D eigenvalue weighted by atomic mass is 32.1. The second-order valence-electron chi connectivity index (χ2n) is 2.29. The van der Waals surface area contributed by atoms with Gasteiger partial charge in [0.15, 0.2) is 0 Å². The van der Waals surface area contributed by atoms with E-state index in [1.54, 1.807) is 0 Å². The van der Waals surface area contributed by atoms with Crippen LogP contribution in [0.2, 0.25) is 0 Å². The Hall–Kier alpha value is -0.260. The van der Waals surface area contributed by atoms with Gasteiger partial charge in [0.05, 0.1) is 19.0 Å². The fraction of sp³-hybridized carbons (Fsp3) is 0.833. The molecule has 1 fully saturated rings. The number of amides is 1. The fourth-order valence-corrected chi connectivity index (χ4v) is 0.958. The van der Waals surface area contributed by atoms with Crippen molar-refractivity contribution in [2.45, 2.75) is 0 Å². The van der Waals surface area contributed by atoms with Gasteiger partial charge in [0, 0.05) is 13.1 Å². The average molecular weight is 176 g/mol. The van der Waals surface area contributed by atoms with Gasteiger partial charge in [-0.1, -0.05) is 0 Å². The number of morpholine rings is 1. The van der Waals surface area contributed by atoms with E-state index in [1.165, 1.54) is 0 Å². The summed E-state index contributed by atoms with van der Waals surface area (Å²) in [7, 11) is 0. The summed E-state index contributed by atoms with van der Waals surface area (Å²) in [6.07, 6.45) is 0. The van der Waals surface area contributed by atoms with Crippen molar-refractivity contribution in [3.63, 3.8) is 0 Å². The number of ether oxygens (including phenoxy) is 1. The molecule has 0 spiro atoms. The van der Waals surface area contributed by atoms with Crippen LogP contribution in [0.3, 0.4) is 0 Å². The van der Waals surface area contributed by atoms with Crippen LogP contribution in [0.5, 0.6) is 0 Å². The molecule has 0 bridgehead atoms. The third-order valence-corrected chi connectivity index (χ3v) is 1.72. The molecule has 11 heavy (non-hydrogen) atoms. The van der Waals surface area contributed by atoms with E-state index in [9.17, 15) is 4.79 Å². The Balaban J connectivity index is 2.19. The topological polar surface area (TPSA) is 41.6 Å². The minimum atomic E-state index is -0.0600. The summed E-state index contributed by atoms with van der Waals surface area (Å²) in [5, 5.41) is 1.85. The predicted octanol–water partition coefficient (Wildman–Crippen LogP) is -0.720. The molecule has 0 radical (unpaired) electrons. The lowest BCUT2D eigenvalue weighted by molar-refractivity contribution is -0.125. The normalized spacial score (nSPS) is 19.7. The van der Waals surface area contributed by atoms with Gasteiger partial charge in [-0.3, -0.25) is 10.2 Å². The molecule has 1 heterocycles. The predicted molar refractivity (Wildman–Crippen MR) is 44.4 cm³/mol. The van der Waals surface area contributed by atoms with E-state index in [0.717, 1.165) is 13.1 Å². The lowest BCUT2D eigenvalue weighted by Gasteiger charge is -2.26. The van der Waals surface area contributed by atoms with E-state index in [-0.39, 0.29) is 11.7 Å². The van der Waals surface area contributed by atoms with Crippen molar-refractivity contribution >= 4 is 18.5 Å². The van der Waals surface area contributed by atoms with Gasteiger partial charge in [0.1, 0.15) is 0 Å². The van der Waals surface area contributed by atoms with Crippen LogP contribution in [-0.4, -0.2) is 43.0 Å². The fourth-order valence-electron chi connectivity index (χ4n) is 0.887. The van der Waals surface area contributed by atoms with E-state index in [0.29, 0.717) is 13.2 Å². The van der Waals surface area contributed by atoms with Crippen molar-refractivity contribution in [1.82, 2.24) is 10.4 Å². The third-order valence-electron chi connectivity index (χ3n) is 1.44. The lowest BCUT2D eigenvalue weighted by Crippen LogP contribution is -2.48. The van der Waals surface area contributed by atoms with E-state index >= 15 is 0 Å². The number of hydrazine groups is 1. The summed E-state index contributed by atoms with van der Waals surface area (Å²) < 4.78 is 5.10. The molecule has 0 atom stereocenters. The Morgan fingerprint density at radius 2 is 2.18 bits per heavy atom. The van der Waals surface area contributed by atoms with Crippen molar-refractivity contribution < 1.29 is 9.53 Å². The molecule has 1 aliphatic heterocycles. The molecule has 0 aromatic heterocycles. The van der Waals surface area contributed by atoms with E-state index in [1.807, 2.05) is 5.01 Å². The van der Waals surface area contributed by atoms with Crippen molar-refractivity contribution in [1.29, 1.82) is 0 Å². The summed E-state index contributed by atoms with van der Waals surface area (Å²) in [5.74, 6) is 0.174. The highest BCUT2D eigenvalue weighted by Crippen LogP contribution is 1.91. The number of thiol groups is 1. The van der Waals surface area contributed by atoms with Crippen molar-refractivity contribution in [3.05, 3.63) is 0 Å². The molecule has 0 unspecified atom stereocenters. The van der Waals surface area contributed by atoms with Crippen LogP contribution < -0.4 is 5.43 Å². The van der Waals surface area contributed by atoms with E-state index in [2.05, 4.69) is 18.1 Å². The van der Waals surface area contributed by atoms with Crippen molar-refractivity contribution in [2.24, 2.45) is 0 Å². The molecule has 0 saturated carbocycles. The molecular formula is C6H12N2O2S. The average Bonchev–Trinajstić information content (AvgIpc) is 2.06. The van der Waals surface area contributed by atoms with Crippen LogP contribution in [0.25, 0.3) is 0 Å². The Labute approximate surface area is 71.3 Å². The molecular weight excluding hydrogens is 164 g/mol. The zero-order valence-electron chi connectivity index (χ0n) is 6.25. The number of nitrogens with zero attached hydrogens (tertiary/aromatic N) is 1. The zero-order valence-corrected chi connectivity index (χ0v) is 7.14. The summed E-state index contributed by atoms with van der Waals surface area (Å²) in [6.45, 7) is 2.90. The second kappa shape index (κ2) is 4.58. The molecule has 0 aliphatic carbocycles. The number of nitrogens with one attached hydrogen (secondary N) is 1. The molecule has 1 N–H and O–H groups in total.